The molecule has 0 aliphatic heterocycles. The van der Waals surface area contributed by atoms with E-state index in [1.165, 1.54) is 6.92 Å². The van der Waals surface area contributed by atoms with Crippen LogP contribution in [0.5, 0.6) is 0 Å². The minimum atomic E-state index is -0.382. The summed E-state index contributed by atoms with van der Waals surface area (Å²) in [7, 11) is 0. The van der Waals surface area contributed by atoms with Crippen molar-refractivity contribution in [1.82, 2.24) is 4.98 Å². The lowest BCUT2D eigenvalue weighted by Crippen LogP contribution is -2.10. The Bertz CT molecular complexity index is 914. The Labute approximate surface area is 133 Å². The van der Waals surface area contributed by atoms with Gasteiger partial charge < -0.3 is 9.15 Å². The lowest BCUT2D eigenvalue weighted by Gasteiger charge is -2.05. The minimum Gasteiger partial charge on any atom is -0.456 e. The number of carbonyl (C=O) groups excluding carboxylic acids is 1. The maximum Gasteiger partial charge on any atom is 0.303 e. The molecule has 23 heavy (non-hydrogen) atoms. The highest BCUT2D eigenvalue weighted by Gasteiger charge is 2.08. The standard InChI is InChI=1S/C18H16N2O3/c1-12-7-6-10-15-17(12)18(19-14-8-4-3-5-9-14)23-16(20-15)11-22-13(2)21/h3-10H,11H2,1-2H3/b19-18-. The number of aromatic nitrogens is 1. The summed E-state index contributed by atoms with van der Waals surface area (Å²) >= 11 is 0. The van der Waals surface area contributed by atoms with Gasteiger partial charge in [0.15, 0.2) is 6.61 Å². The fourth-order valence-corrected chi connectivity index (χ4v) is 2.27. The number of para-hydroxylation sites is 1. The Morgan fingerprint density at radius 1 is 1.17 bits per heavy atom. The summed E-state index contributed by atoms with van der Waals surface area (Å²) in [6.45, 7) is 3.31. The van der Waals surface area contributed by atoms with Gasteiger partial charge in [-0.2, -0.15) is 0 Å². The zero-order valence-corrected chi connectivity index (χ0v) is 12.9. The molecular formula is C18H16N2O3. The Balaban J connectivity index is 2.20. The van der Waals surface area contributed by atoms with E-state index in [4.69, 9.17) is 9.15 Å². The molecule has 0 spiro atoms. The third kappa shape index (κ3) is 3.45. The second-order valence-corrected chi connectivity index (χ2v) is 5.11. The largest absolute Gasteiger partial charge is 0.456 e. The summed E-state index contributed by atoms with van der Waals surface area (Å²) in [6.07, 6.45) is 0. The maximum absolute atomic E-state index is 11.0. The minimum absolute atomic E-state index is 0.0173. The van der Waals surface area contributed by atoms with Crippen molar-refractivity contribution < 1.29 is 13.9 Å². The Hall–Kier alpha value is -2.95. The summed E-state index contributed by atoms with van der Waals surface area (Å²) in [5, 5.41) is 0.850. The van der Waals surface area contributed by atoms with Crippen LogP contribution in [0.2, 0.25) is 0 Å². The van der Waals surface area contributed by atoms with Crippen molar-refractivity contribution in [2.45, 2.75) is 20.5 Å². The number of benzene rings is 2. The molecule has 3 rings (SSSR count). The summed E-state index contributed by atoms with van der Waals surface area (Å²) in [5.74, 6) is -0.0686. The van der Waals surface area contributed by atoms with Crippen LogP contribution in [-0.4, -0.2) is 11.0 Å². The lowest BCUT2D eigenvalue weighted by molar-refractivity contribution is -0.142. The number of hydrogen-bond donors (Lipinski definition) is 0. The van der Waals surface area contributed by atoms with Crippen molar-refractivity contribution in [3.05, 3.63) is 65.5 Å². The van der Waals surface area contributed by atoms with Gasteiger partial charge in [-0.1, -0.05) is 30.3 Å². The van der Waals surface area contributed by atoms with Crippen LogP contribution >= 0.6 is 0 Å². The number of aryl methyl sites for hydroxylation is 1. The van der Waals surface area contributed by atoms with Crippen LogP contribution in [0.1, 0.15) is 18.4 Å². The van der Waals surface area contributed by atoms with Crippen molar-refractivity contribution in [2.75, 3.05) is 0 Å². The summed E-state index contributed by atoms with van der Waals surface area (Å²) in [5.41, 5.74) is 3.02. The maximum atomic E-state index is 11.0. The van der Waals surface area contributed by atoms with E-state index < -0.39 is 0 Å². The molecule has 1 aromatic heterocycles. The van der Waals surface area contributed by atoms with Crippen LogP contribution in [0.3, 0.4) is 0 Å². The van der Waals surface area contributed by atoms with Gasteiger partial charge in [0.05, 0.1) is 16.6 Å². The topological polar surface area (TPSA) is 64.7 Å². The Morgan fingerprint density at radius 2 is 1.96 bits per heavy atom. The monoisotopic (exact) mass is 308 g/mol. The quantitative estimate of drug-likeness (QED) is 0.695. The SMILES string of the molecule is CC(=O)OCc1nc2cccc(C)c2/c(=N/c2ccccc2)o1. The Kier molecular flexibility index (Phi) is 4.19. The van der Waals surface area contributed by atoms with Gasteiger partial charge in [0, 0.05) is 6.92 Å². The first-order valence-corrected chi connectivity index (χ1v) is 7.26. The number of carbonyl (C=O) groups is 1. The summed E-state index contributed by atoms with van der Waals surface area (Å²) in [6, 6.07) is 15.3. The van der Waals surface area contributed by atoms with Gasteiger partial charge in [-0.15, -0.1) is 0 Å². The van der Waals surface area contributed by atoms with Crippen molar-refractivity contribution in [3.8, 4) is 0 Å². The first-order chi connectivity index (χ1) is 11.1. The molecule has 0 aliphatic rings. The van der Waals surface area contributed by atoms with Gasteiger partial charge in [0.2, 0.25) is 11.4 Å². The Morgan fingerprint density at radius 3 is 2.70 bits per heavy atom. The van der Waals surface area contributed by atoms with Gasteiger partial charge in [0.1, 0.15) is 0 Å². The van der Waals surface area contributed by atoms with E-state index in [1.54, 1.807) is 0 Å². The molecule has 0 aliphatic carbocycles. The molecule has 0 amide bonds. The number of esters is 1. The predicted octanol–water partition coefficient (Wildman–Crippen LogP) is 3.43. The smallest absolute Gasteiger partial charge is 0.303 e. The fourth-order valence-electron chi connectivity index (χ4n) is 2.27. The molecule has 0 saturated heterocycles. The molecule has 0 fully saturated rings. The molecule has 0 bridgehead atoms. The zero-order valence-electron chi connectivity index (χ0n) is 12.9. The van der Waals surface area contributed by atoms with Crippen molar-refractivity contribution >= 4 is 22.6 Å². The number of nitrogens with zero attached hydrogens (tertiary/aromatic N) is 2. The van der Waals surface area contributed by atoms with Crippen LogP contribution in [-0.2, 0) is 16.1 Å². The number of fused-ring (bicyclic) bond motifs is 1. The molecular weight excluding hydrogens is 292 g/mol. The molecule has 0 radical (unpaired) electrons. The van der Waals surface area contributed by atoms with E-state index in [1.807, 2.05) is 55.5 Å². The van der Waals surface area contributed by atoms with Crippen LogP contribution in [0, 0.1) is 6.92 Å². The molecule has 0 saturated carbocycles. The average Bonchev–Trinajstić information content (AvgIpc) is 2.54. The van der Waals surface area contributed by atoms with E-state index in [0.29, 0.717) is 11.4 Å². The average molecular weight is 308 g/mol. The van der Waals surface area contributed by atoms with E-state index in [0.717, 1.165) is 22.2 Å². The third-order valence-electron chi connectivity index (χ3n) is 3.31. The van der Waals surface area contributed by atoms with Gasteiger partial charge in [-0.05, 0) is 30.7 Å². The van der Waals surface area contributed by atoms with Crippen LogP contribution < -0.4 is 5.55 Å². The second-order valence-electron chi connectivity index (χ2n) is 5.11. The molecule has 5 nitrogen and oxygen atoms in total. The zero-order chi connectivity index (χ0) is 16.2. The van der Waals surface area contributed by atoms with E-state index >= 15 is 0 Å². The van der Waals surface area contributed by atoms with Crippen LogP contribution in [0.4, 0.5) is 5.69 Å². The van der Waals surface area contributed by atoms with Crippen molar-refractivity contribution in [2.24, 2.45) is 4.99 Å². The second kappa shape index (κ2) is 6.44. The van der Waals surface area contributed by atoms with Gasteiger partial charge in [-0.25, -0.2) is 9.98 Å². The summed E-state index contributed by atoms with van der Waals surface area (Å²) < 4.78 is 10.7. The van der Waals surface area contributed by atoms with Gasteiger partial charge in [0.25, 0.3) is 0 Å². The molecule has 0 N–H and O–H groups in total. The molecule has 2 aromatic carbocycles. The van der Waals surface area contributed by atoms with Crippen LogP contribution in [0.15, 0.2) is 57.9 Å². The predicted molar refractivity (Wildman–Crippen MR) is 85.9 cm³/mol. The van der Waals surface area contributed by atoms with Crippen molar-refractivity contribution in [1.29, 1.82) is 0 Å². The number of hydrogen-bond acceptors (Lipinski definition) is 5. The number of rotatable bonds is 3. The van der Waals surface area contributed by atoms with E-state index in [-0.39, 0.29) is 12.6 Å². The highest BCUT2D eigenvalue weighted by molar-refractivity contribution is 5.80. The lowest BCUT2D eigenvalue weighted by atomic mass is 10.1. The van der Waals surface area contributed by atoms with Gasteiger partial charge in [-0.3, -0.25) is 4.79 Å². The molecule has 0 unspecified atom stereocenters. The highest BCUT2D eigenvalue weighted by Crippen LogP contribution is 2.15. The summed E-state index contributed by atoms with van der Waals surface area (Å²) in [4.78, 5) is 20.0. The van der Waals surface area contributed by atoms with Gasteiger partial charge >= 0.3 is 5.97 Å². The molecule has 3 aromatic rings. The highest BCUT2D eigenvalue weighted by atomic mass is 16.5. The first kappa shape index (κ1) is 15.0. The third-order valence-corrected chi connectivity index (χ3v) is 3.31. The fraction of sp³-hybridized carbons (Fsp3) is 0.167. The molecule has 5 heteroatoms. The van der Waals surface area contributed by atoms with Crippen LogP contribution in [0.25, 0.3) is 10.9 Å². The van der Waals surface area contributed by atoms with E-state index in [9.17, 15) is 4.79 Å². The normalized spacial score (nSPS) is 11.7. The van der Waals surface area contributed by atoms with Crippen molar-refractivity contribution in [3.63, 3.8) is 0 Å². The number of ether oxygens (including phenoxy) is 1. The van der Waals surface area contributed by atoms with E-state index in [2.05, 4.69) is 9.98 Å². The molecule has 1 heterocycles. The molecule has 116 valence electrons. The first-order valence-electron chi connectivity index (χ1n) is 7.26. The molecule has 0 atom stereocenters.